The van der Waals surface area contributed by atoms with Crippen molar-refractivity contribution in [3.8, 4) is 0 Å². The minimum absolute atomic E-state index is 0.104. The quantitative estimate of drug-likeness (QED) is 0.0222. The molecule has 0 amide bonds. The fourth-order valence-corrected chi connectivity index (χ4v) is 12.8. The van der Waals surface area contributed by atoms with E-state index in [9.17, 15) is 43.2 Å². The number of aliphatic hydroxyl groups is 1. The van der Waals surface area contributed by atoms with Crippen LogP contribution in [0.4, 0.5) is 0 Å². The van der Waals surface area contributed by atoms with Gasteiger partial charge in [-0.15, -0.1) is 0 Å². The van der Waals surface area contributed by atoms with Crippen molar-refractivity contribution < 1.29 is 80.2 Å². The first-order valence-electron chi connectivity index (χ1n) is 38.5. The molecule has 0 saturated heterocycles. The Labute approximate surface area is 568 Å². The molecule has 0 bridgehead atoms. The average Bonchev–Trinajstić information content (AvgIpc) is 1.77. The molecule has 0 rings (SSSR count). The zero-order chi connectivity index (χ0) is 68.6. The minimum atomic E-state index is -4.95. The summed E-state index contributed by atoms with van der Waals surface area (Å²) in [6.07, 6.45) is 52.9. The molecule has 0 aliphatic carbocycles. The van der Waals surface area contributed by atoms with E-state index in [1.165, 1.54) is 193 Å². The summed E-state index contributed by atoms with van der Waals surface area (Å²) >= 11 is 0. The van der Waals surface area contributed by atoms with Crippen LogP contribution < -0.4 is 0 Å². The summed E-state index contributed by atoms with van der Waals surface area (Å²) < 4.78 is 68.4. The Morgan fingerprint density at radius 3 is 0.817 bits per heavy atom. The molecule has 0 aliphatic heterocycles. The van der Waals surface area contributed by atoms with Crippen molar-refractivity contribution in [2.75, 3.05) is 39.6 Å². The maximum atomic E-state index is 13.1. The predicted octanol–water partition coefficient (Wildman–Crippen LogP) is 21.6. The summed E-state index contributed by atoms with van der Waals surface area (Å²) in [6, 6.07) is 0. The van der Waals surface area contributed by atoms with E-state index in [1.54, 1.807) is 0 Å². The van der Waals surface area contributed by atoms with Crippen LogP contribution in [-0.2, 0) is 65.4 Å². The van der Waals surface area contributed by atoms with Crippen LogP contribution in [0.1, 0.15) is 382 Å². The van der Waals surface area contributed by atoms with E-state index in [2.05, 4.69) is 41.5 Å². The summed E-state index contributed by atoms with van der Waals surface area (Å²) in [5, 5.41) is 10.6. The topological polar surface area (TPSA) is 237 Å². The molecular formula is C74H144O17P2. The van der Waals surface area contributed by atoms with Crippen LogP contribution in [0.5, 0.6) is 0 Å². The molecule has 6 atom stereocenters. The van der Waals surface area contributed by atoms with Gasteiger partial charge in [-0.1, -0.05) is 330 Å². The number of carbonyl (C=O) groups excluding carboxylic acids is 4. The molecule has 552 valence electrons. The zero-order valence-electron chi connectivity index (χ0n) is 60.6. The molecule has 3 unspecified atom stereocenters. The van der Waals surface area contributed by atoms with Crippen LogP contribution in [0.25, 0.3) is 0 Å². The lowest BCUT2D eigenvalue weighted by atomic mass is 10.00. The molecule has 0 fully saturated rings. The smallest absolute Gasteiger partial charge is 0.462 e. The summed E-state index contributed by atoms with van der Waals surface area (Å²) in [7, 11) is -9.91. The fourth-order valence-electron chi connectivity index (χ4n) is 11.3. The maximum absolute atomic E-state index is 13.1. The normalized spacial score (nSPS) is 14.3. The van der Waals surface area contributed by atoms with E-state index >= 15 is 0 Å². The molecule has 3 N–H and O–H groups in total. The number of rotatable bonds is 73. The van der Waals surface area contributed by atoms with Crippen LogP contribution in [0.3, 0.4) is 0 Å². The van der Waals surface area contributed by atoms with Crippen molar-refractivity contribution in [3.05, 3.63) is 0 Å². The van der Waals surface area contributed by atoms with Crippen LogP contribution >= 0.6 is 15.6 Å². The van der Waals surface area contributed by atoms with Gasteiger partial charge in [0.15, 0.2) is 12.2 Å². The first-order valence-corrected chi connectivity index (χ1v) is 41.5. The second-order valence-electron chi connectivity index (χ2n) is 27.4. The Bertz CT molecular complexity index is 1810. The van der Waals surface area contributed by atoms with Crippen LogP contribution in [0.15, 0.2) is 0 Å². The highest BCUT2D eigenvalue weighted by Crippen LogP contribution is 2.45. The Balaban J connectivity index is 5.20. The summed E-state index contributed by atoms with van der Waals surface area (Å²) in [4.78, 5) is 72.7. The third kappa shape index (κ3) is 67.0. The van der Waals surface area contributed by atoms with Crippen molar-refractivity contribution in [2.24, 2.45) is 11.8 Å². The van der Waals surface area contributed by atoms with Gasteiger partial charge in [-0.2, -0.15) is 0 Å². The van der Waals surface area contributed by atoms with Gasteiger partial charge in [0.2, 0.25) is 0 Å². The predicted molar refractivity (Wildman–Crippen MR) is 377 cm³/mol. The highest BCUT2D eigenvalue weighted by Gasteiger charge is 2.30. The monoisotopic (exact) mass is 1370 g/mol. The fraction of sp³-hybridized carbons (Fsp3) is 0.946. The van der Waals surface area contributed by atoms with Crippen molar-refractivity contribution in [1.82, 2.24) is 0 Å². The molecule has 0 heterocycles. The second kappa shape index (κ2) is 66.0. The van der Waals surface area contributed by atoms with Gasteiger partial charge in [0.25, 0.3) is 0 Å². The lowest BCUT2D eigenvalue weighted by Gasteiger charge is -2.21. The third-order valence-corrected chi connectivity index (χ3v) is 19.5. The first kappa shape index (κ1) is 91.1. The number of hydrogen-bond acceptors (Lipinski definition) is 15. The van der Waals surface area contributed by atoms with E-state index in [-0.39, 0.29) is 25.7 Å². The highest BCUT2D eigenvalue weighted by atomic mass is 31.2. The Hall–Kier alpha value is -1.94. The molecular weight excluding hydrogens is 1220 g/mol. The highest BCUT2D eigenvalue weighted by molar-refractivity contribution is 7.47. The number of aliphatic hydroxyl groups excluding tert-OH is 1. The molecule has 17 nitrogen and oxygen atoms in total. The van der Waals surface area contributed by atoms with E-state index in [0.29, 0.717) is 25.7 Å². The summed E-state index contributed by atoms with van der Waals surface area (Å²) in [5.74, 6) is -0.673. The summed E-state index contributed by atoms with van der Waals surface area (Å²) in [5.41, 5.74) is 0. The van der Waals surface area contributed by atoms with Gasteiger partial charge in [0.05, 0.1) is 26.4 Å². The van der Waals surface area contributed by atoms with Gasteiger partial charge >= 0.3 is 39.5 Å². The number of phosphoric ester groups is 2. The van der Waals surface area contributed by atoms with Gasteiger partial charge < -0.3 is 33.8 Å². The lowest BCUT2D eigenvalue weighted by Crippen LogP contribution is -2.30. The number of phosphoric acid groups is 2. The standard InChI is InChI=1S/C74H144O17P2/c1-7-10-12-14-16-18-20-22-23-24-25-26-27-28-29-31-33-38-46-52-58-73(78)90-69(62-84-71(76)56-50-44-37-32-30-21-19-17-15-13-11-8-2)64-88-92(80,81)86-60-68(75)61-87-93(82,83)89-65-70(63-85-72(77)57-51-45-41-40-43-49-55-67(6)9-3)91-74(79)59-53-47-39-35-34-36-42-48-54-66(4)5/h66-70,75H,7-65H2,1-6H3,(H,80,81)(H,82,83)/t67?,68-,69-,70-/m1/s1. The summed E-state index contributed by atoms with van der Waals surface area (Å²) in [6.45, 7) is 9.49. The number of hydrogen-bond donors (Lipinski definition) is 3. The Morgan fingerprint density at radius 2 is 0.548 bits per heavy atom. The van der Waals surface area contributed by atoms with Crippen LogP contribution in [0, 0.1) is 11.8 Å². The molecule has 0 aliphatic rings. The molecule has 0 aromatic heterocycles. The SMILES string of the molecule is CCCCCCCCCCCCCCCCCCCCCCC(=O)O[C@H](COC(=O)CCCCCCCCCCCCCC)COP(=O)(O)OC[C@@H](O)COP(=O)(O)OC[C@@H](COC(=O)CCCCCCCCC(C)CC)OC(=O)CCCCCCCCCCC(C)C. The molecule has 0 saturated carbocycles. The lowest BCUT2D eigenvalue weighted by molar-refractivity contribution is -0.161. The van der Waals surface area contributed by atoms with E-state index in [4.69, 9.17) is 37.0 Å². The molecule has 0 aromatic carbocycles. The van der Waals surface area contributed by atoms with Gasteiger partial charge in [0.1, 0.15) is 19.3 Å². The number of ether oxygens (including phenoxy) is 4. The van der Waals surface area contributed by atoms with Crippen LogP contribution in [0.2, 0.25) is 0 Å². The number of esters is 4. The number of carbonyl (C=O) groups is 4. The van der Waals surface area contributed by atoms with Gasteiger partial charge in [-0.25, -0.2) is 9.13 Å². The van der Waals surface area contributed by atoms with Crippen molar-refractivity contribution in [3.63, 3.8) is 0 Å². The van der Waals surface area contributed by atoms with Gasteiger partial charge in [-0.05, 0) is 37.5 Å². The van der Waals surface area contributed by atoms with Gasteiger partial charge in [0, 0.05) is 25.7 Å². The molecule has 0 radical (unpaired) electrons. The van der Waals surface area contributed by atoms with Crippen molar-refractivity contribution in [1.29, 1.82) is 0 Å². The van der Waals surface area contributed by atoms with E-state index < -0.39 is 97.5 Å². The first-order chi connectivity index (χ1) is 44.9. The average molecular weight is 1370 g/mol. The second-order valence-corrected chi connectivity index (χ2v) is 30.3. The molecule has 19 heteroatoms. The zero-order valence-corrected chi connectivity index (χ0v) is 62.3. The van der Waals surface area contributed by atoms with Crippen LogP contribution in [-0.4, -0.2) is 96.7 Å². The Morgan fingerprint density at radius 1 is 0.312 bits per heavy atom. The Kier molecular flexibility index (Phi) is 64.6. The molecule has 0 aromatic rings. The molecule has 93 heavy (non-hydrogen) atoms. The maximum Gasteiger partial charge on any atom is 0.472 e. The largest absolute Gasteiger partial charge is 0.472 e. The van der Waals surface area contributed by atoms with Gasteiger partial charge in [-0.3, -0.25) is 37.3 Å². The molecule has 0 spiro atoms. The van der Waals surface area contributed by atoms with Crippen molar-refractivity contribution in [2.45, 2.75) is 400 Å². The third-order valence-electron chi connectivity index (χ3n) is 17.6. The van der Waals surface area contributed by atoms with Crippen molar-refractivity contribution >= 4 is 39.5 Å². The van der Waals surface area contributed by atoms with E-state index in [1.807, 2.05) is 0 Å². The van der Waals surface area contributed by atoms with E-state index in [0.717, 1.165) is 108 Å². The minimum Gasteiger partial charge on any atom is -0.462 e. The number of unbranched alkanes of at least 4 members (excludes halogenated alkanes) is 42.